The molecule has 0 heterocycles. The third kappa shape index (κ3) is 3.05. The first-order valence-corrected chi connectivity index (χ1v) is 6.60. The first-order chi connectivity index (χ1) is 8.60. The maximum absolute atomic E-state index is 9.04. The van der Waals surface area contributed by atoms with Crippen LogP contribution < -0.4 is 4.74 Å². The van der Waals surface area contributed by atoms with Crippen LogP contribution in [0, 0.1) is 6.92 Å². The van der Waals surface area contributed by atoms with Crippen LogP contribution in [0.2, 0.25) is 5.02 Å². The molecule has 0 aliphatic rings. The lowest BCUT2D eigenvalue weighted by atomic mass is 10.2. The minimum Gasteiger partial charge on any atom is -0.456 e. The maximum Gasteiger partial charge on any atom is 0.141 e. The Morgan fingerprint density at radius 2 is 1.89 bits per heavy atom. The van der Waals surface area contributed by atoms with Crippen molar-refractivity contribution in [3.63, 3.8) is 0 Å². The molecule has 0 fully saturated rings. The predicted molar refractivity (Wildman–Crippen MR) is 76.3 cm³/mol. The van der Waals surface area contributed by atoms with Crippen LogP contribution in [0.15, 0.2) is 40.9 Å². The first kappa shape index (κ1) is 13.4. The van der Waals surface area contributed by atoms with Gasteiger partial charge in [-0.25, -0.2) is 0 Å². The standard InChI is InChI=1S/C14H12BrClO2/c1-9-6-11(16)3-5-13(9)18-14-4-2-10(8-17)7-12(14)15/h2-7,17H,8H2,1H3. The molecule has 0 amide bonds. The summed E-state index contributed by atoms with van der Waals surface area (Å²) in [6, 6.07) is 11.0. The Morgan fingerprint density at radius 3 is 2.50 bits per heavy atom. The number of rotatable bonds is 3. The summed E-state index contributed by atoms with van der Waals surface area (Å²) in [5.41, 5.74) is 1.81. The Bertz CT molecular complexity index is 570. The SMILES string of the molecule is Cc1cc(Cl)ccc1Oc1ccc(CO)cc1Br. The van der Waals surface area contributed by atoms with E-state index in [-0.39, 0.29) is 6.61 Å². The fourth-order valence-corrected chi connectivity index (χ4v) is 2.31. The van der Waals surface area contributed by atoms with E-state index in [1.165, 1.54) is 0 Å². The molecule has 0 bridgehead atoms. The molecule has 2 nitrogen and oxygen atoms in total. The topological polar surface area (TPSA) is 29.5 Å². The van der Waals surface area contributed by atoms with Gasteiger partial charge in [0, 0.05) is 5.02 Å². The van der Waals surface area contributed by atoms with E-state index in [9.17, 15) is 0 Å². The lowest BCUT2D eigenvalue weighted by molar-refractivity contribution is 0.281. The van der Waals surface area contributed by atoms with E-state index in [2.05, 4.69) is 15.9 Å². The van der Waals surface area contributed by atoms with E-state index in [1.807, 2.05) is 37.3 Å². The van der Waals surface area contributed by atoms with Crippen LogP contribution >= 0.6 is 27.5 Å². The molecule has 4 heteroatoms. The molecule has 0 atom stereocenters. The molecule has 0 saturated carbocycles. The lowest BCUT2D eigenvalue weighted by Gasteiger charge is -2.11. The van der Waals surface area contributed by atoms with E-state index in [4.69, 9.17) is 21.4 Å². The van der Waals surface area contributed by atoms with Crippen molar-refractivity contribution >= 4 is 27.5 Å². The van der Waals surface area contributed by atoms with Crippen LogP contribution in [0.3, 0.4) is 0 Å². The lowest BCUT2D eigenvalue weighted by Crippen LogP contribution is -1.90. The minimum absolute atomic E-state index is 0.0128. The molecular weight excluding hydrogens is 316 g/mol. The van der Waals surface area contributed by atoms with E-state index in [0.717, 1.165) is 21.3 Å². The zero-order chi connectivity index (χ0) is 13.1. The van der Waals surface area contributed by atoms with Crippen molar-refractivity contribution in [3.8, 4) is 11.5 Å². The molecule has 0 aliphatic heterocycles. The van der Waals surface area contributed by atoms with Gasteiger partial charge >= 0.3 is 0 Å². The van der Waals surface area contributed by atoms with Gasteiger partial charge in [0.15, 0.2) is 0 Å². The molecule has 0 unspecified atom stereocenters. The summed E-state index contributed by atoms with van der Waals surface area (Å²) in [5, 5.41) is 9.73. The van der Waals surface area contributed by atoms with Gasteiger partial charge in [-0.15, -0.1) is 0 Å². The van der Waals surface area contributed by atoms with Crippen LogP contribution in [-0.2, 0) is 6.61 Å². The highest BCUT2D eigenvalue weighted by molar-refractivity contribution is 9.10. The maximum atomic E-state index is 9.04. The monoisotopic (exact) mass is 326 g/mol. The Labute approximate surface area is 119 Å². The Balaban J connectivity index is 2.28. The van der Waals surface area contributed by atoms with Gasteiger partial charge in [-0.1, -0.05) is 17.7 Å². The van der Waals surface area contributed by atoms with Gasteiger partial charge in [0.2, 0.25) is 0 Å². The molecule has 1 N–H and O–H groups in total. The van der Waals surface area contributed by atoms with Crippen molar-refractivity contribution in [2.45, 2.75) is 13.5 Å². The quantitative estimate of drug-likeness (QED) is 0.885. The fourth-order valence-electron chi connectivity index (χ4n) is 1.57. The van der Waals surface area contributed by atoms with Gasteiger partial charge in [-0.2, -0.15) is 0 Å². The molecule has 94 valence electrons. The molecular formula is C14H12BrClO2. The highest BCUT2D eigenvalue weighted by Gasteiger charge is 2.06. The number of aliphatic hydroxyl groups is 1. The van der Waals surface area contributed by atoms with Gasteiger partial charge in [-0.3, -0.25) is 0 Å². The van der Waals surface area contributed by atoms with Gasteiger partial charge in [0.1, 0.15) is 11.5 Å². The Hall–Kier alpha value is -1.03. The highest BCUT2D eigenvalue weighted by Crippen LogP contribution is 2.32. The number of aryl methyl sites for hydroxylation is 1. The summed E-state index contributed by atoms with van der Waals surface area (Å²) in [7, 11) is 0. The average molecular weight is 328 g/mol. The second-order valence-corrected chi connectivity index (χ2v) is 5.23. The smallest absolute Gasteiger partial charge is 0.141 e. The van der Waals surface area contributed by atoms with Crippen molar-refractivity contribution in [1.29, 1.82) is 0 Å². The van der Waals surface area contributed by atoms with Gasteiger partial charge in [0.05, 0.1) is 11.1 Å². The summed E-state index contributed by atoms with van der Waals surface area (Å²) < 4.78 is 6.62. The molecule has 0 saturated heterocycles. The summed E-state index contributed by atoms with van der Waals surface area (Å²) in [6.45, 7) is 1.95. The van der Waals surface area contributed by atoms with Crippen LogP contribution in [0.5, 0.6) is 11.5 Å². The Morgan fingerprint density at radius 1 is 1.17 bits per heavy atom. The van der Waals surface area contributed by atoms with Gasteiger partial charge in [0.25, 0.3) is 0 Å². The number of aliphatic hydroxyl groups excluding tert-OH is 1. The molecule has 2 aromatic rings. The van der Waals surface area contributed by atoms with E-state index >= 15 is 0 Å². The van der Waals surface area contributed by atoms with E-state index in [1.54, 1.807) is 6.07 Å². The third-order valence-electron chi connectivity index (χ3n) is 2.54. The van der Waals surface area contributed by atoms with Crippen LogP contribution in [-0.4, -0.2) is 5.11 Å². The van der Waals surface area contributed by atoms with E-state index in [0.29, 0.717) is 10.8 Å². The van der Waals surface area contributed by atoms with Crippen molar-refractivity contribution < 1.29 is 9.84 Å². The molecule has 2 aromatic carbocycles. The number of hydrogen-bond donors (Lipinski definition) is 1. The van der Waals surface area contributed by atoms with Crippen molar-refractivity contribution in [2.75, 3.05) is 0 Å². The van der Waals surface area contributed by atoms with Crippen molar-refractivity contribution in [2.24, 2.45) is 0 Å². The highest BCUT2D eigenvalue weighted by atomic mass is 79.9. The molecule has 0 aromatic heterocycles. The largest absolute Gasteiger partial charge is 0.456 e. The Kier molecular flexibility index (Phi) is 4.27. The molecule has 0 spiro atoms. The molecule has 0 radical (unpaired) electrons. The van der Waals surface area contributed by atoms with Crippen molar-refractivity contribution in [1.82, 2.24) is 0 Å². The zero-order valence-electron chi connectivity index (χ0n) is 9.78. The fraction of sp³-hybridized carbons (Fsp3) is 0.143. The molecule has 0 aliphatic carbocycles. The van der Waals surface area contributed by atoms with Gasteiger partial charge < -0.3 is 9.84 Å². The average Bonchev–Trinajstić information content (AvgIpc) is 2.34. The van der Waals surface area contributed by atoms with Crippen LogP contribution in [0.25, 0.3) is 0 Å². The minimum atomic E-state index is 0.0128. The zero-order valence-corrected chi connectivity index (χ0v) is 12.1. The summed E-state index contributed by atoms with van der Waals surface area (Å²) in [6.07, 6.45) is 0. The number of benzene rings is 2. The summed E-state index contributed by atoms with van der Waals surface area (Å²) >= 11 is 9.32. The second kappa shape index (κ2) is 5.74. The summed E-state index contributed by atoms with van der Waals surface area (Å²) in [4.78, 5) is 0. The van der Waals surface area contributed by atoms with Crippen LogP contribution in [0.4, 0.5) is 0 Å². The summed E-state index contributed by atoms with van der Waals surface area (Å²) in [5.74, 6) is 1.47. The van der Waals surface area contributed by atoms with Gasteiger partial charge in [-0.05, 0) is 64.3 Å². The number of hydrogen-bond acceptors (Lipinski definition) is 2. The second-order valence-electron chi connectivity index (χ2n) is 3.93. The predicted octanol–water partition coefficient (Wildman–Crippen LogP) is 4.70. The van der Waals surface area contributed by atoms with E-state index < -0.39 is 0 Å². The first-order valence-electron chi connectivity index (χ1n) is 5.43. The third-order valence-corrected chi connectivity index (χ3v) is 3.39. The number of ether oxygens (including phenoxy) is 1. The number of halogens is 2. The normalized spacial score (nSPS) is 10.4. The molecule has 18 heavy (non-hydrogen) atoms. The van der Waals surface area contributed by atoms with Crippen LogP contribution in [0.1, 0.15) is 11.1 Å². The molecule has 2 rings (SSSR count). The van der Waals surface area contributed by atoms with Crippen molar-refractivity contribution in [3.05, 3.63) is 57.0 Å².